The summed E-state index contributed by atoms with van der Waals surface area (Å²) in [4.78, 5) is 16.9. The van der Waals surface area contributed by atoms with Gasteiger partial charge in [0.2, 0.25) is 10.0 Å². The third-order valence-electron chi connectivity index (χ3n) is 5.69. The number of piperidine rings is 2. The number of furan rings is 1. The summed E-state index contributed by atoms with van der Waals surface area (Å²) < 4.78 is 31.8. The van der Waals surface area contributed by atoms with Crippen molar-refractivity contribution >= 4 is 15.9 Å². The summed E-state index contributed by atoms with van der Waals surface area (Å²) in [5.41, 5.74) is 0.565. The van der Waals surface area contributed by atoms with Crippen molar-refractivity contribution < 1.29 is 17.6 Å². The molecule has 8 heteroatoms. The van der Waals surface area contributed by atoms with Gasteiger partial charge in [-0.25, -0.2) is 8.42 Å². The quantitative estimate of drug-likeness (QED) is 0.733. The Kier molecular flexibility index (Phi) is 6.60. The molecule has 1 atom stereocenters. The molecule has 2 aliphatic heterocycles. The van der Waals surface area contributed by atoms with Gasteiger partial charge >= 0.3 is 0 Å². The summed E-state index contributed by atoms with van der Waals surface area (Å²) in [7, 11) is -3.33. The highest BCUT2D eigenvalue weighted by Crippen LogP contribution is 2.22. The van der Waals surface area contributed by atoms with Gasteiger partial charge in [0.1, 0.15) is 5.76 Å². The van der Waals surface area contributed by atoms with Gasteiger partial charge in [0.25, 0.3) is 5.91 Å². The van der Waals surface area contributed by atoms with Gasteiger partial charge in [-0.3, -0.25) is 4.79 Å². The first-order chi connectivity index (χ1) is 12.9. The number of amides is 1. The van der Waals surface area contributed by atoms with Crippen molar-refractivity contribution in [1.29, 1.82) is 0 Å². The molecule has 1 amide bonds. The maximum absolute atomic E-state index is 12.8. The minimum Gasteiger partial charge on any atom is -0.469 e. The molecule has 1 aromatic heterocycles. The maximum atomic E-state index is 12.8. The molecule has 0 aromatic carbocycles. The molecule has 3 rings (SSSR count). The number of nitrogens with zero attached hydrogens (tertiary/aromatic N) is 3. The lowest BCUT2D eigenvalue weighted by Crippen LogP contribution is -2.53. The van der Waals surface area contributed by atoms with Gasteiger partial charge in [-0.1, -0.05) is 6.42 Å². The molecule has 152 valence electrons. The van der Waals surface area contributed by atoms with Crippen molar-refractivity contribution in [3.05, 3.63) is 23.7 Å². The van der Waals surface area contributed by atoms with Crippen LogP contribution in [0.3, 0.4) is 0 Å². The number of carbonyl (C=O) groups excluding carboxylic acids is 1. The molecule has 0 aliphatic carbocycles. The molecule has 2 aliphatic rings. The third kappa shape index (κ3) is 5.12. The van der Waals surface area contributed by atoms with Crippen LogP contribution in [0, 0.1) is 6.92 Å². The fraction of sp³-hybridized carbons (Fsp3) is 0.737. The van der Waals surface area contributed by atoms with Crippen LogP contribution in [0.15, 0.2) is 16.7 Å². The molecule has 2 fully saturated rings. The number of carbonyl (C=O) groups is 1. The number of rotatable bonds is 6. The summed E-state index contributed by atoms with van der Waals surface area (Å²) in [6.07, 6.45) is 8.04. The molecule has 0 bridgehead atoms. The maximum Gasteiger partial charge on any atom is 0.257 e. The minimum atomic E-state index is -3.33. The molecular formula is C19H31N3O4S. The van der Waals surface area contributed by atoms with Gasteiger partial charge in [0.05, 0.1) is 18.1 Å². The van der Waals surface area contributed by atoms with Gasteiger partial charge in [-0.05, 0) is 51.8 Å². The Bertz CT molecular complexity index is 740. The van der Waals surface area contributed by atoms with Gasteiger partial charge in [0.15, 0.2) is 0 Å². The molecule has 2 saturated heterocycles. The van der Waals surface area contributed by atoms with E-state index in [-0.39, 0.29) is 11.9 Å². The van der Waals surface area contributed by atoms with Gasteiger partial charge in [0, 0.05) is 32.2 Å². The SMILES string of the molecule is Cc1occc1C(=O)N1CCCC(N(CCN2CCCCC2)S(C)(=O)=O)C1. The standard InChI is InChI=1S/C19H31N3O4S/c1-16-18(8-14-26-16)19(23)21-11-6-7-17(15-21)22(27(2,24)25)13-12-20-9-4-3-5-10-20/h8,14,17H,3-7,9-13,15H2,1-2H3. The van der Waals surface area contributed by atoms with E-state index >= 15 is 0 Å². The summed E-state index contributed by atoms with van der Waals surface area (Å²) in [5, 5.41) is 0. The molecule has 0 saturated carbocycles. The van der Waals surface area contributed by atoms with E-state index in [0.717, 1.165) is 32.5 Å². The topological polar surface area (TPSA) is 74.1 Å². The van der Waals surface area contributed by atoms with Crippen molar-refractivity contribution in [2.45, 2.75) is 45.1 Å². The summed E-state index contributed by atoms with van der Waals surface area (Å²) in [6.45, 7) is 6.23. The van der Waals surface area contributed by atoms with Crippen molar-refractivity contribution in [2.24, 2.45) is 0 Å². The minimum absolute atomic E-state index is 0.0737. The zero-order valence-corrected chi connectivity index (χ0v) is 17.2. The molecule has 0 radical (unpaired) electrons. The van der Waals surface area contributed by atoms with Crippen molar-refractivity contribution in [3.63, 3.8) is 0 Å². The van der Waals surface area contributed by atoms with Crippen LogP contribution in [-0.2, 0) is 10.0 Å². The molecule has 1 aromatic rings. The second kappa shape index (κ2) is 8.75. The Morgan fingerprint density at radius 2 is 1.96 bits per heavy atom. The molecular weight excluding hydrogens is 366 g/mol. The average Bonchev–Trinajstić information content (AvgIpc) is 3.07. The highest BCUT2D eigenvalue weighted by atomic mass is 32.2. The molecule has 1 unspecified atom stereocenters. The Balaban J connectivity index is 1.66. The lowest BCUT2D eigenvalue weighted by molar-refractivity contribution is 0.0645. The van der Waals surface area contributed by atoms with E-state index in [9.17, 15) is 13.2 Å². The van der Waals surface area contributed by atoms with Crippen LogP contribution in [0.2, 0.25) is 0 Å². The number of sulfonamides is 1. The largest absolute Gasteiger partial charge is 0.469 e. The highest BCUT2D eigenvalue weighted by molar-refractivity contribution is 7.88. The first-order valence-electron chi connectivity index (χ1n) is 9.89. The third-order valence-corrected chi connectivity index (χ3v) is 7.02. The predicted molar refractivity (Wildman–Crippen MR) is 104 cm³/mol. The van der Waals surface area contributed by atoms with Gasteiger partial charge in [-0.2, -0.15) is 4.31 Å². The van der Waals surface area contributed by atoms with Crippen molar-refractivity contribution in [3.8, 4) is 0 Å². The lowest BCUT2D eigenvalue weighted by Gasteiger charge is -2.39. The highest BCUT2D eigenvalue weighted by Gasteiger charge is 2.33. The van der Waals surface area contributed by atoms with Crippen LogP contribution in [0.5, 0.6) is 0 Å². The molecule has 0 spiro atoms. The summed E-state index contributed by atoms with van der Waals surface area (Å²) in [6, 6.07) is 1.53. The van der Waals surface area contributed by atoms with E-state index in [0.29, 0.717) is 31.0 Å². The summed E-state index contributed by atoms with van der Waals surface area (Å²) >= 11 is 0. The first kappa shape index (κ1) is 20.4. The Morgan fingerprint density at radius 3 is 2.59 bits per heavy atom. The molecule has 27 heavy (non-hydrogen) atoms. The van der Waals surface area contributed by atoms with Crippen molar-refractivity contribution in [1.82, 2.24) is 14.1 Å². The Morgan fingerprint density at radius 1 is 1.22 bits per heavy atom. The number of aryl methyl sites for hydroxylation is 1. The predicted octanol–water partition coefficient (Wildman–Crippen LogP) is 1.94. The van der Waals surface area contributed by atoms with Gasteiger partial charge < -0.3 is 14.2 Å². The van der Waals surface area contributed by atoms with E-state index in [2.05, 4.69) is 4.90 Å². The van der Waals surface area contributed by atoms with Crippen LogP contribution >= 0.6 is 0 Å². The number of hydrogen-bond donors (Lipinski definition) is 0. The van der Waals surface area contributed by atoms with E-state index < -0.39 is 10.0 Å². The average molecular weight is 398 g/mol. The van der Waals surface area contributed by atoms with Crippen LogP contribution in [0.25, 0.3) is 0 Å². The smallest absolute Gasteiger partial charge is 0.257 e. The van der Waals surface area contributed by atoms with Gasteiger partial charge in [-0.15, -0.1) is 0 Å². The Labute approximate surface area is 162 Å². The first-order valence-corrected chi connectivity index (χ1v) is 11.7. The van der Waals surface area contributed by atoms with Crippen LogP contribution in [0.1, 0.15) is 48.2 Å². The van der Waals surface area contributed by atoms with Crippen LogP contribution < -0.4 is 0 Å². The normalized spacial score (nSPS) is 22.3. The molecule has 7 nitrogen and oxygen atoms in total. The van der Waals surface area contributed by atoms with Crippen LogP contribution in [-0.4, -0.2) is 80.0 Å². The number of hydrogen-bond acceptors (Lipinski definition) is 5. The Hall–Kier alpha value is -1.38. The van der Waals surface area contributed by atoms with E-state index in [1.165, 1.54) is 31.8 Å². The van der Waals surface area contributed by atoms with E-state index in [1.54, 1.807) is 22.2 Å². The van der Waals surface area contributed by atoms with Crippen molar-refractivity contribution in [2.75, 3.05) is 45.5 Å². The van der Waals surface area contributed by atoms with E-state index in [4.69, 9.17) is 4.42 Å². The fourth-order valence-electron chi connectivity index (χ4n) is 4.19. The van der Waals surface area contributed by atoms with Crippen LogP contribution in [0.4, 0.5) is 0 Å². The number of likely N-dealkylation sites (tertiary alicyclic amines) is 2. The molecule has 0 N–H and O–H groups in total. The second-order valence-electron chi connectivity index (χ2n) is 7.71. The monoisotopic (exact) mass is 397 g/mol. The van der Waals surface area contributed by atoms with E-state index in [1.807, 2.05) is 0 Å². The fourth-order valence-corrected chi connectivity index (χ4v) is 5.32. The molecule has 3 heterocycles. The summed E-state index contributed by atoms with van der Waals surface area (Å²) in [5.74, 6) is 0.530. The zero-order valence-electron chi connectivity index (χ0n) is 16.4. The second-order valence-corrected chi connectivity index (χ2v) is 9.65. The lowest BCUT2D eigenvalue weighted by atomic mass is 10.0. The zero-order chi connectivity index (χ0) is 19.4.